The molecule has 0 spiro atoms. The van der Waals surface area contributed by atoms with Gasteiger partial charge in [-0.2, -0.15) is 15.3 Å². The fraction of sp³-hybridized carbons (Fsp3) is 0.353. The molecule has 0 aliphatic heterocycles. The van der Waals surface area contributed by atoms with E-state index in [1.165, 1.54) is 26.3 Å². The number of nitro groups is 1. The summed E-state index contributed by atoms with van der Waals surface area (Å²) in [4.78, 5) is 35.2. The van der Waals surface area contributed by atoms with Crippen LogP contribution in [0.4, 0.5) is 11.5 Å². The Bertz CT molecular complexity index is 1130. The molecule has 0 saturated heterocycles. The predicted molar refractivity (Wildman–Crippen MR) is 103 cm³/mol. The Morgan fingerprint density at radius 3 is 2.67 bits per heavy atom. The summed E-state index contributed by atoms with van der Waals surface area (Å²) in [6.07, 6.45) is 2.86. The molecule has 13 heteroatoms. The summed E-state index contributed by atoms with van der Waals surface area (Å²) in [5.74, 6) is -0.970. The quantitative estimate of drug-likeness (QED) is 0.343. The van der Waals surface area contributed by atoms with Crippen LogP contribution >= 0.6 is 0 Å². The number of amides is 1. The summed E-state index contributed by atoms with van der Waals surface area (Å²) in [5.41, 5.74) is 0.838. The summed E-state index contributed by atoms with van der Waals surface area (Å²) in [6, 6.07) is 1.48. The standard InChI is InChI=1S/C17H20N8O5/c1-5-30-17(27)12-8-18-22(4)15(12)19-16(26)13-6-7-23(21-13)9-24-11(3)14(25(28)29)10(2)20-24/h6-8H,5,9H2,1-4H3,(H,19,26). The summed E-state index contributed by atoms with van der Waals surface area (Å²) >= 11 is 0. The van der Waals surface area contributed by atoms with E-state index in [-0.39, 0.29) is 36.0 Å². The van der Waals surface area contributed by atoms with Crippen molar-refractivity contribution in [1.82, 2.24) is 29.3 Å². The van der Waals surface area contributed by atoms with E-state index >= 15 is 0 Å². The fourth-order valence-corrected chi connectivity index (χ4v) is 2.90. The van der Waals surface area contributed by atoms with Crippen LogP contribution in [0.15, 0.2) is 18.5 Å². The molecule has 0 fully saturated rings. The smallest absolute Gasteiger partial charge is 0.343 e. The van der Waals surface area contributed by atoms with Crippen molar-refractivity contribution >= 4 is 23.4 Å². The second kappa shape index (κ2) is 8.14. The van der Waals surface area contributed by atoms with Gasteiger partial charge in [0.2, 0.25) is 0 Å². The second-order valence-corrected chi connectivity index (χ2v) is 6.36. The number of aromatic nitrogens is 6. The van der Waals surface area contributed by atoms with Gasteiger partial charge in [0.25, 0.3) is 5.91 Å². The first-order valence-electron chi connectivity index (χ1n) is 8.95. The van der Waals surface area contributed by atoms with Crippen LogP contribution in [0, 0.1) is 24.0 Å². The zero-order valence-corrected chi connectivity index (χ0v) is 16.8. The van der Waals surface area contributed by atoms with E-state index in [4.69, 9.17) is 4.74 Å². The largest absolute Gasteiger partial charge is 0.462 e. The average molecular weight is 416 g/mol. The van der Waals surface area contributed by atoms with Gasteiger partial charge in [-0.25, -0.2) is 9.48 Å². The fourth-order valence-electron chi connectivity index (χ4n) is 2.90. The molecule has 30 heavy (non-hydrogen) atoms. The van der Waals surface area contributed by atoms with Gasteiger partial charge >= 0.3 is 11.7 Å². The van der Waals surface area contributed by atoms with Crippen molar-refractivity contribution in [3.63, 3.8) is 0 Å². The third-order valence-electron chi connectivity index (χ3n) is 4.34. The SMILES string of the molecule is CCOC(=O)c1cnn(C)c1NC(=O)c1ccn(Cn2nc(C)c([N+](=O)[O-])c2C)n1. The van der Waals surface area contributed by atoms with Crippen molar-refractivity contribution < 1.29 is 19.2 Å². The maximum absolute atomic E-state index is 12.6. The molecule has 0 saturated carbocycles. The van der Waals surface area contributed by atoms with E-state index in [0.717, 1.165) is 0 Å². The molecule has 3 heterocycles. The van der Waals surface area contributed by atoms with E-state index in [0.29, 0.717) is 11.4 Å². The molecular weight excluding hydrogens is 396 g/mol. The van der Waals surface area contributed by atoms with Gasteiger partial charge in [-0.05, 0) is 26.8 Å². The minimum absolute atomic E-state index is 0.0529. The normalized spacial score (nSPS) is 10.8. The van der Waals surface area contributed by atoms with Gasteiger partial charge in [0.05, 0.1) is 17.7 Å². The van der Waals surface area contributed by atoms with Gasteiger partial charge in [-0.15, -0.1) is 0 Å². The van der Waals surface area contributed by atoms with Crippen molar-refractivity contribution in [1.29, 1.82) is 0 Å². The molecule has 0 aromatic carbocycles. The molecule has 0 aliphatic rings. The Labute approximate surface area is 170 Å². The van der Waals surface area contributed by atoms with Gasteiger partial charge < -0.3 is 10.1 Å². The first-order valence-corrected chi connectivity index (χ1v) is 8.95. The number of hydrogen-bond donors (Lipinski definition) is 1. The molecule has 158 valence electrons. The molecule has 0 aliphatic carbocycles. The highest BCUT2D eigenvalue weighted by Crippen LogP contribution is 2.22. The highest BCUT2D eigenvalue weighted by atomic mass is 16.6. The Morgan fingerprint density at radius 2 is 2.03 bits per heavy atom. The number of ether oxygens (including phenoxy) is 1. The zero-order chi connectivity index (χ0) is 22.0. The van der Waals surface area contributed by atoms with Crippen molar-refractivity contribution in [2.24, 2.45) is 7.05 Å². The molecule has 0 radical (unpaired) electrons. The van der Waals surface area contributed by atoms with Crippen molar-refractivity contribution in [3.05, 3.63) is 51.2 Å². The summed E-state index contributed by atoms with van der Waals surface area (Å²) < 4.78 is 9.16. The third kappa shape index (κ3) is 3.90. The van der Waals surface area contributed by atoms with Gasteiger partial charge in [0, 0.05) is 13.2 Å². The van der Waals surface area contributed by atoms with Crippen molar-refractivity contribution in [3.8, 4) is 0 Å². The van der Waals surface area contributed by atoms with Gasteiger partial charge in [-0.3, -0.25) is 24.3 Å². The number of hydrogen-bond acceptors (Lipinski definition) is 8. The number of carbonyl (C=O) groups excluding carboxylic acids is 2. The molecule has 0 atom stereocenters. The van der Waals surface area contributed by atoms with Crippen LogP contribution in [-0.4, -0.2) is 52.7 Å². The average Bonchev–Trinajstić information content (AvgIpc) is 3.35. The summed E-state index contributed by atoms with van der Waals surface area (Å²) in [7, 11) is 1.58. The van der Waals surface area contributed by atoms with Crippen LogP contribution < -0.4 is 5.32 Å². The number of anilines is 1. The van der Waals surface area contributed by atoms with Crippen molar-refractivity contribution in [2.75, 3.05) is 11.9 Å². The number of aryl methyl sites for hydroxylation is 2. The number of nitrogens with one attached hydrogen (secondary N) is 1. The molecule has 0 unspecified atom stereocenters. The van der Waals surface area contributed by atoms with Gasteiger partial charge in [0.15, 0.2) is 5.69 Å². The predicted octanol–water partition coefficient (Wildman–Crippen LogP) is 1.27. The maximum atomic E-state index is 12.6. The summed E-state index contributed by atoms with van der Waals surface area (Å²) in [5, 5.41) is 26.0. The minimum atomic E-state index is -0.599. The molecular formula is C17H20N8O5. The van der Waals surface area contributed by atoms with Crippen LogP contribution in [0.2, 0.25) is 0 Å². The molecule has 0 bridgehead atoms. The first kappa shape index (κ1) is 20.7. The summed E-state index contributed by atoms with van der Waals surface area (Å²) in [6.45, 7) is 5.10. The van der Waals surface area contributed by atoms with Crippen molar-refractivity contribution in [2.45, 2.75) is 27.4 Å². The van der Waals surface area contributed by atoms with Crippen LogP contribution in [0.5, 0.6) is 0 Å². The van der Waals surface area contributed by atoms with Crippen LogP contribution in [0.1, 0.15) is 39.2 Å². The lowest BCUT2D eigenvalue weighted by Gasteiger charge is -2.07. The van der Waals surface area contributed by atoms with Crippen LogP contribution in [0.25, 0.3) is 0 Å². The van der Waals surface area contributed by atoms with Crippen LogP contribution in [-0.2, 0) is 18.5 Å². The molecule has 1 amide bonds. The molecule has 1 N–H and O–H groups in total. The molecule has 3 aromatic rings. The van der Waals surface area contributed by atoms with E-state index < -0.39 is 16.8 Å². The molecule has 13 nitrogen and oxygen atoms in total. The van der Waals surface area contributed by atoms with Gasteiger partial charge in [0.1, 0.15) is 29.4 Å². The van der Waals surface area contributed by atoms with Gasteiger partial charge in [-0.1, -0.05) is 0 Å². The second-order valence-electron chi connectivity index (χ2n) is 6.36. The van der Waals surface area contributed by atoms with E-state index in [9.17, 15) is 19.7 Å². The zero-order valence-electron chi connectivity index (χ0n) is 16.8. The minimum Gasteiger partial charge on any atom is -0.462 e. The monoisotopic (exact) mass is 416 g/mol. The maximum Gasteiger partial charge on any atom is 0.343 e. The lowest BCUT2D eigenvalue weighted by molar-refractivity contribution is -0.386. The Hall–Kier alpha value is -4.03. The Morgan fingerprint density at radius 1 is 1.30 bits per heavy atom. The number of esters is 1. The molecule has 3 rings (SSSR count). The Balaban J connectivity index is 1.77. The highest BCUT2D eigenvalue weighted by molar-refractivity contribution is 6.06. The number of carbonyl (C=O) groups is 2. The highest BCUT2D eigenvalue weighted by Gasteiger charge is 2.23. The van der Waals surface area contributed by atoms with E-state index in [2.05, 4.69) is 20.6 Å². The lowest BCUT2D eigenvalue weighted by atomic mass is 10.3. The third-order valence-corrected chi connectivity index (χ3v) is 4.34. The first-order chi connectivity index (χ1) is 14.2. The van der Waals surface area contributed by atoms with E-state index in [1.807, 2.05) is 0 Å². The van der Waals surface area contributed by atoms with E-state index in [1.54, 1.807) is 34.0 Å². The lowest BCUT2D eigenvalue weighted by Crippen LogP contribution is -2.19. The topological polar surface area (TPSA) is 152 Å². The molecule has 3 aromatic heterocycles. The number of nitrogens with zero attached hydrogens (tertiary/aromatic N) is 7. The van der Waals surface area contributed by atoms with Crippen LogP contribution in [0.3, 0.4) is 0 Å². The Kier molecular flexibility index (Phi) is 5.62. The number of rotatable bonds is 7.